The minimum atomic E-state index is 0.0796. The van der Waals surface area contributed by atoms with Gasteiger partial charge in [0.05, 0.1) is 12.2 Å². The summed E-state index contributed by atoms with van der Waals surface area (Å²) < 4.78 is 11.5. The van der Waals surface area contributed by atoms with Crippen molar-refractivity contribution in [2.75, 3.05) is 6.54 Å². The van der Waals surface area contributed by atoms with E-state index in [0.717, 1.165) is 17.7 Å². The summed E-state index contributed by atoms with van der Waals surface area (Å²) >= 11 is 6.21. The lowest BCUT2D eigenvalue weighted by atomic mass is 10.1. The molecule has 3 nitrogen and oxygen atoms in total. The predicted molar refractivity (Wildman–Crippen MR) is 75.7 cm³/mol. The number of halogens is 1. The van der Waals surface area contributed by atoms with Gasteiger partial charge in [-0.1, -0.05) is 11.6 Å². The lowest BCUT2D eigenvalue weighted by Crippen LogP contribution is -2.12. The maximum absolute atomic E-state index is 6.21. The van der Waals surface area contributed by atoms with Gasteiger partial charge in [0.1, 0.15) is 0 Å². The molecule has 1 rings (SSSR count). The van der Waals surface area contributed by atoms with Crippen molar-refractivity contribution in [3.05, 3.63) is 22.7 Å². The first kappa shape index (κ1) is 15.1. The quantitative estimate of drug-likeness (QED) is 0.862. The molecule has 4 heteroatoms. The van der Waals surface area contributed by atoms with Crippen molar-refractivity contribution in [2.24, 2.45) is 5.73 Å². The molecule has 1 aromatic carbocycles. The summed E-state index contributed by atoms with van der Waals surface area (Å²) in [6.45, 7) is 8.47. The summed E-state index contributed by atoms with van der Waals surface area (Å²) in [7, 11) is 0. The van der Waals surface area contributed by atoms with Gasteiger partial charge < -0.3 is 15.2 Å². The van der Waals surface area contributed by atoms with Crippen LogP contribution < -0.4 is 15.2 Å². The third-order valence-electron chi connectivity index (χ3n) is 2.25. The molecule has 0 aromatic heterocycles. The summed E-state index contributed by atoms with van der Waals surface area (Å²) in [6.07, 6.45) is 0.900. The van der Waals surface area contributed by atoms with Gasteiger partial charge in [0.15, 0.2) is 11.5 Å². The largest absolute Gasteiger partial charge is 0.487 e. The van der Waals surface area contributed by atoms with Crippen molar-refractivity contribution in [1.29, 1.82) is 0 Å². The van der Waals surface area contributed by atoms with Crippen molar-refractivity contribution in [2.45, 2.75) is 46.3 Å². The minimum absolute atomic E-state index is 0.0796. The van der Waals surface area contributed by atoms with Crippen LogP contribution in [-0.2, 0) is 6.42 Å². The number of hydrogen-bond donors (Lipinski definition) is 1. The molecule has 0 fully saturated rings. The van der Waals surface area contributed by atoms with Crippen LogP contribution in [-0.4, -0.2) is 18.8 Å². The fourth-order valence-corrected chi connectivity index (χ4v) is 1.86. The molecule has 0 amide bonds. The summed E-state index contributed by atoms with van der Waals surface area (Å²) in [5, 5.41) is 0.673. The van der Waals surface area contributed by atoms with Crippen molar-refractivity contribution in [3.63, 3.8) is 0 Å². The molecule has 0 aliphatic carbocycles. The van der Waals surface area contributed by atoms with Crippen molar-refractivity contribution in [1.82, 2.24) is 0 Å². The van der Waals surface area contributed by atoms with Gasteiger partial charge in [0, 0.05) is 11.1 Å². The molecule has 0 bridgehead atoms. The van der Waals surface area contributed by atoms with Crippen molar-refractivity contribution >= 4 is 11.6 Å². The Balaban J connectivity index is 3.10. The first-order valence-corrected chi connectivity index (χ1v) is 6.67. The molecule has 0 heterocycles. The monoisotopic (exact) mass is 271 g/mol. The average molecular weight is 272 g/mol. The Morgan fingerprint density at radius 2 is 1.56 bits per heavy atom. The second kappa shape index (κ2) is 6.86. The van der Waals surface area contributed by atoms with Crippen LogP contribution in [0.15, 0.2) is 12.1 Å². The van der Waals surface area contributed by atoms with Crippen molar-refractivity contribution in [3.8, 4) is 11.5 Å². The molecule has 18 heavy (non-hydrogen) atoms. The average Bonchev–Trinajstić information content (AvgIpc) is 2.23. The molecule has 102 valence electrons. The van der Waals surface area contributed by atoms with E-state index in [-0.39, 0.29) is 12.2 Å². The predicted octanol–water partition coefficient (Wildman–Crippen LogP) is 3.42. The first-order chi connectivity index (χ1) is 8.43. The fraction of sp³-hybridized carbons (Fsp3) is 0.571. The Labute approximate surface area is 114 Å². The third kappa shape index (κ3) is 4.39. The van der Waals surface area contributed by atoms with Crippen LogP contribution in [0.4, 0.5) is 0 Å². The molecular formula is C14H22ClNO2. The standard InChI is InChI=1S/C14H22ClNO2/c1-9(2)17-13-7-11(5-6-16)12(15)8-14(13)18-10(3)4/h7-10H,5-6,16H2,1-4H3. The second-order valence-electron chi connectivity index (χ2n) is 4.76. The Morgan fingerprint density at radius 1 is 1.06 bits per heavy atom. The van der Waals surface area contributed by atoms with Crippen LogP contribution in [0.2, 0.25) is 5.02 Å². The van der Waals surface area contributed by atoms with E-state index in [9.17, 15) is 0 Å². The van der Waals surface area contributed by atoms with Crippen LogP contribution >= 0.6 is 11.6 Å². The van der Waals surface area contributed by atoms with Crippen molar-refractivity contribution < 1.29 is 9.47 Å². The van der Waals surface area contributed by atoms with Crippen LogP contribution in [0, 0.1) is 0 Å². The molecule has 0 atom stereocenters. The normalized spacial score (nSPS) is 11.1. The number of ether oxygens (including phenoxy) is 2. The van der Waals surface area contributed by atoms with Crippen LogP contribution in [0.25, 0.3) is 0 Å². The van der Waals surface area contributed by atoms with Gasteiger partial charge in [-0.05, 0) is 52.3 Å². The molecule has 0 spiro atoms. The molecule has 0 aliphatic rings. The van der Waals surface area contributed by atoms with Gasteiger partial charge in [-0.2, -0.15) is 0 Å². The van der Waals surface area contributed by atoms with Crippen LogP contribution in [0.5, 0.6) is 11.5 Å². The highest BCUT2D eigenvalue weighted by atomic mass is 35.5. The molecule has 0 radical (unpaired) electrons. The molecular weight excluding hydrogens is 250 g/mol. The lowest BCUT2D eigenvalue weighted by Gasteiger charge is -2.18. The summed E-state index contributed by atoms with van der Waals surface area (Å²) in [6, 6.07) is 3.73. The van der Waals surface area contributed by atoms with Gasteiger partial charge in [-0.3, -0.25) is 0 Å². The smallest absolute Gasteiger partial charge is 0.163 e. The van der Waals surface area contributed by atoms with Crippen LogP contribution in [0.1, 0.15) is 33.3 Å². The number of nitrogens with two attached hydrogens (primary N) is 1. The highest BCUT2D eigenvalue weighted by molar-refractivity contribution is 6.31. The minimum Gasteiger partial charge on any atom is -0.487 e. The van der Waals surface area contributed by atoms with E-state index in [4.69, 9.17) is 26.8 Å². The van der Waals surface area contributed by atoms with E-state index in [1.165, 1.54) is 0 Å². The highest BCUT2D eigenvalue weighted by Gasteiger charge is 2.13. The van der Waals surface area contributed by atoms with Gasteiger partial charge in [0.2, 0.25) is 0 Å². The Kier molecular flexibility index (Phi) is 5.76. The Bertz CT molecular complexity index is 392. The summed E-state index contributed by atoms with van der Waals surface area (Å²) in [5.74, 6) is 1.41. The number of benzene rings is 1. The summed E-state index contributed by atoms with van der Waals surface area (Å²) in [4.78, 5) is 0. The molecule has 0 saturated heterocycles. The SMILES string of the molecule is CC(C)Oc1cc(Cl)c(CCN)cc1OC(C)C. The van der Waals surface area contributed by atoms with Gasteiger partial charge in [-0.25, -0.2) is 0 Å². The zero-order valence-electron chi connectivity index (χ0n) is 11.5. The van der Waals surface area contributed by atoms with E-state index in [1.807, 2.05) is 39.8 Å². The third-order valence-corrected chi connectivity index (χ3v) is 2.60. The summed E-state index contributed by atoms with van der Waals surface area (Å²) in [5.41, 5.74) is 6.56. The second-order valence-corrected chi connectivity index (χ2v) is 5.17. The molecule has 1 aromatic rings. The molecule has 2 N–H and O–H groups in total. The van der Waals surface area contributed by atoms with Gasteiger partial charge >= 0.3 is 0 Å². The molecule has 0 saturated carbocycles. The van der Waals surface area contributed by atoms with E-state index in [2.05, 4.69) is 0 Å². The van der Waals surface area contributed by atoms with Gasteiger partial charge in [0.25, 0.3) is 0 Å². The highest BCUT2D eigenvalue weighted by Crippen LogP contribution is 2.35. The topological polar surface area (TPSA) is 44.5 Å². The maximum atomic E-state index is 6.21. The number of rotatable bonds is 6. The maximum Gasteiger partial charge on any atom is 0.163 e. The molecule has 0 unspecified atom stereocenters. The van der Waals surface area contributed by atoms with Gasteiger partial charge in [-0.15, -0.1) is 0 Å². The van der Waals surface area contributed by atoms with E-state index in [0.29, 0.717) is 17.3 Å². The van der Waals surface area contributed by atoms with E-state index in [1.54, 1.807) is 0 Å². The Morgan fingerprint density at radius 3 is 2.00 bits per heavy atom. The van der Waals surface area contributed by atoms with E-state index < -0.39 is 0 Å². The van der Waals surface area contributed by atoms with E-state index >= 15 is 0 Å². The fourth-order valence-electron chi connectivity index (χ4n) is 1.62. The zero-order valence-corrected chi connectivity index (χ0v) is 12.3. The lowest BCUT2D eigenvalue weighted by molar-refractivity contribution is 0.198. The number of hydrogen-bond acceptors (Lipinski definition) is 3. The molecule has 0 aliphatic heterocycles. The first-order valence-electron chi connectivity index (χ1n) is 6.29. The van der Waals surface area contributed by atoms with Crippen LogP contribution in [0.3, 0.4) is 0 Å². The Hall–Kier alpha value is -0.930. The zero-order chi connectivity index (χ0) is 13.7.